The number of carbonyl (C=O) groups excluding carboxylic acids is 1. The number of carbonyl (C=O) groups is 2. The third-order valence-electron chi connectivity index (χ3n) is 3.29. The molecular formula is C13H13F2NO4. The van der Waals surface area contributed by atoms with Crippen LogP contribution in [-0.4, -0.2) is 47.8 Å². The Morgan fingerprint density at radius 1 is 1.45 bits per heavy atom. The molecule has 0 radical (unpaired) electrons. The van der Waals surface area contributed by atoms with Gasteiger partial charge in [0, 0.05) is 18.5 Å². The third kappa shape index (κ3) is 2.43. The Bertz CT molecular complexity index is 563. The first-order chi connectivity index (χ1) is 9.37. The van der Waals surface area contributed by atoms with E-state index < -0.39 is 29.9 Å². The maximum atomic E-state index is 13.9. The number of aliphatic carboxylic acids is 1. The quantitative estimate of drug-likeness (QED) is 0.913. The smallest absolute Gasteiger partial charge is 0.343 e. The Balaban J connectivity index is 2.19. The second kappa shape index (κ2) is 5.07. The van der Waals surface area contributed by atoms with Crippen molar-refractivity contribution < 1.29 is 28.2 Å². The molecule has 2 rings (SSSR count). The van der Waals surface area contributed by atoms with Crippen LogP contribution in [0.1, 0.15) is 16.8 Å². The predicted molar refractivity (Wildman–Crippen MR) is 64.9 cm³/mol. The molecule has 0 saturated carbocycles. The van der Waals surface area contributed by atoms with Crippen LogP contribution in [0.3, 0.4) is 0 Å². The Hall–Kier alpha value is -2.18. The van der Waals surface area contributed by atoms with Crippen molar-refractivity contribution in [3.63, 3.8) is 0 Å². The molecule has 1 N–H and O–H groups in total. The first-order valence-corrected chi connectivity index (χ1v) is 5.92. The van der Waals surface area contributed by atoms with Crippen molar-refractivity contribution in [2.45, 2.75) is 12.1 Å². The Labute approximate surface area is 113 Å². The van der Waals surface area contributed by atoms with E-state index in [0.29, 0.717) is 0 Å². The number of amides is 1. The molecule has 108 valence electrons. The van der Waals surface area contributed by atoms with Crippen LogP contribution < -0.4 is 4.74 Å². The molecule has 1 amide bonds. The van der Waals surface area contributed by atoms with Gasteiger partial charge in [-0.25, -0.2) is 13.6 Å². The first kappa shape index (κ1) is 14.2. The van der Waals surface area contributed by atoms with Gasteiger partial charge in [-0.15, -0.1) is 0 Å². The monoisotopic (exact) mass is 285 g/mol. The van der Waals surface area contributed by atoms with Gasteiger partial charge in [-0.3, -0.25) is 4.79 Å². The molecule has 1 aromatic rings. The normalized spacial score (nSPS) is 21.9. The minimum absolute atomic E-state index is 0.00131. The van der Waals surface area contributed by atoms with Gasteiger partial charge in [0.2, 0.25) is 5.67 Å². The van der Waals surface area contributed by atoms with Gasteiger partial charge in [0.15, 0.2) is 11.6 Å². The lowest BCUT2D eigenvalue weighted by molar-refractivity contribution is -0.149. The summed E-state index contributed by atoms with van der Waals surface area (Å²) in [5, 5.41) is 8.78. The number of nitrogens with zero attached hydrogens (tertiary/aromatic N) is 1. The van der Waals surface area contributed by atoms with Gasteiger partial charge in [-0.2, -0.15) is 0 Å². The second-order valence-electron chi connectivity index (χ2n) is 4.60. The van der Waals surface area contributed by atoms with E-state index in [1.807, 2.05) is 0 Å². The van der Waals surface area contributed by atoms with E-state index in [1.165, 1.54) is 19.2 Å². The number of benzene rings is 1. The predicted octanol–water partition coefficient (Wildman–Crippen LogP) is 1.47. The third-order valence-corrected chi connectivity index (χ3v) is 3.29. The van der Waals surface area contributed by atoms with Crippen LogP contribution in [0.4, 0.5) is 8.78 Å². The molecule has 20 heavy (non-hydrogen) atoms. The van der Waals surface area contributed by atoms with Crippen LogP contribution >= 0.6 is 0 Å². The Kier molecular flexibility index (Phi) is 3.61. The minimum atomic E-state index is -2.42. The van der Waals surface area contributed by atoms with Gasteiger partial charge in [-0.1, -0.05) is 0 Å². The molecule has 0 spiro atoms. The van der Waals surface area contributed by atoms with E-state index >= 15 is 0 Å². The number of ether oxygens (including phenoxy) is 1. The largest absolute Gasteiger partial charge is 0.494 e. The molecule has 5 nitrogen and oxygen atoms in total. The molecule has 1 saturated heterocycles. The summed E-state index contributed by atoms with van der Waals surface area (Å²) in [5.74, 6) is -2.84. The summed E-state index contributed by atoms with van der Waals surface area (Å²) in [5.41, 5.74) is -2.29. The number of hydrogen-bond acceptors (Lipinski definition) is 3. The van der Waals surface area contributed by atoms with Gasteiger partial charge in [0.05, 0.1) is 13.7 Å². The Morgan fingerprint density at radius 2 is 2.15 bits per heavy atom. The summed E-state index contributed by atoms with van der Waals surface area (Å²) >= 11 is 0. The molecule has 0 unspecified atom stereocenters. The lowest BCUT2D eigenvalue weighted by Gasteiger charge is -2.18. The number of rotatable bonds is 3. The highest BCUT2D eigenvalue weighted by atomic mass is 19.1. The topological polar surface area (TPSA) is 66.8 Å². The van der Waals surface area contributed by atoms with Crippen LogP contribution in [0.15, 0.2) is 18.2 Å². The molecule has 0 aromatic heterocycles. The molecule has 1 aliphatic rings. The lowest BCUT2D eigenvalue weighted by Crippen LogP contribution is -2.38. The first-order valence-electron chi connectivity index (χ1n) is 5.92. The fourth-order valence-electron chi connectivity index (χ4n) is 2.10. The average molecular weight is 285 g/mol. The fourth-order valence-corrected chi connectivity index (χ4v) is 2.10. The van der Waals surface area contributed by atoms with Crippen molar-refractivity contribution in [2.24, 2.45) is 0 Å². The summed E-state index contributed by atoms with van der Waals surface area (Å²) in [6.45, 7) is -0.512. The SMILES string of the molecule is COc1cc(C(=O)N2CC[C@](F)(C(=O)O)C2)ccc1F. The van der Waals surface area contributed by atoms with Crippen molar-refractivity contribution in [3.05, 3.63) is 29.6 Å². The van der Waals surface area contributed by atoms with Gasteiger partial charge in [-0.05, 0) is 18.2 Å². The molecule has 1 fully saturated rings. The van der Waals surface area contributed by atoms with Crippen LogP contribution in [0.25, 0.3) is 0 Å². The molecule has 1 aliphatic heterocycles. The molecule has 1 atom stereocenters. The van der Waals surface area contributed by atoms with Crippen LogP contribution in [0.5, 0.6) is 5.75 Å². The van der Waals surface area contributed by atoms with E-state index in [0.717, 1.165) is 11.0 Å². The number of carboxylic acids is 1. The number of halogens is 2. The molecular weight excluding hydrogens is 272 g/mol. The highest BCUT2D eigenvalue weighted by molar-refractivity contribution is 5.95. The van der Waals surface area contributed by atoms with Crippen molar-refractivity contribution in [3.8, 4) is 5.75 Å². The van der Waals surface area contributed by atoms with Crippen LogP contribution in [0.2, 0.25) is 0 Å². The average Bonchev–Trinajstić information content (AvgIpc) is 2.82. The Morgan fingerprint density at radius 3 is 2.70 bits per heavy atom. The zero-order chi connectivity index (χ0) is 14.9. The van der Waals surface area contributed by atoms with E-state index in [2.05, 4.69) is 0 Å². The summed E-state index contributed by atoms with van der Waals surface area (Å²) in [6, 6.07) is 3.53. The van der Waals surface area contributed by atoms with E-state index in [-0.39, 0.29) is 24.3 Å². The van der Waals surface area contributed by atoms with Crippen LogP contribution in [0, 0.1) is 5.82 Å². The molecule has 0 bridgehead atoms. The summed E-state index contributed by atoms with van der Waals surface area (Å²) < 4.78 is 31.9. The summed E-state index contributed by atoms with van der Waals surface area (Å²) in [6.07, 6.45) is -0.258. The summed E-state index contributed by atoms with van der Waals surface area (Å²) in [7, 11) is 1.26. The van der Waals surface area contributed by atoms with Crippen LogP contribution in [-0.2, 0) is 4.79 Å². The van der Waals surface area contributed by atoms with Gasteiger partial charge >= 0.3 is 5.97 Å². The molecule has 0 aliphatic carbocycles. The van der Waals surface area contributed by atoms with E-state index in [9.17, 15) is 18.4 Å². The zero-order valence-corrected chi connectivity index (χ0v) is 10.7. The molecule has 1 aromatic carbocycles. The lowest BCUT2D eigenvalue weighted by atomic mass is 10.1. The van der Waals surface area contributed by atoms with Crippen molar-refractivity contribution in [1.29, 1.82) is 0 Å². The zero-order valence-electron chi connectivity index (χ0n) is 10.7. The highest BCUT2D eigenvalue weighted by Crippen LogP contribution is 2.28. The number of methoxy groups -OCH3 is 1. The summed E-state index contributed by atoms with van der Waals surface area (Å²) in [4.78, 5) is 24.0. The van der Waals surface area contributed by atoms with E-state index in [1.54, 1.807) is 0 Å². The maximum Gasteiger partial charge on any atom is 0.343 e. The van der Waals surface area contributed by atoms with Gasteiger partial charge < -0.3 is 14.7 Å². The van der Waals surface area contributed by atoms with Gasteiger partial charge in [0.25, 0.3) is 5.91 Å². The number of hydrogen-bond donors (Lipinski definition) is 1. The van der Waals surface area contributed by atoms with Crippen molar-refractivity contribution in [2.75, 3.05) is 20.2 Å². The second-order valence-corrected chi connectivity index (χ2v) is 4.60. The van der Waals surface area contributed by atoms with Crippen molar-refractivity contribution in [1.82, 2.24) is 4.90 Å². The number of carboxylic acid groups (broad SMARTS) is 1. The standard InChI is InChI=1S/C13H13F2NO4/c1-20-10-6-8(2-3-9(10)14)11(17)16-5-4-13(15,7-16)12(18)19/h2-3,6H,4-5,7H2,1H3,(H,18,19)/t13-/m1/s1. The van der Waals surface area contributed by atoms with Crippen molar-refractivity contribution >= 4 is 11.9 Å². The fraction of sp³-hybridized carbons (Fsp3) is 0.385. The highest BCUT2D eigenvalue weighted by Gasteiger charge is 2.47. The molecule has 7 heteroatoms. The maximum absolute atomic E-state index is 13.9. The molecule has 1 heterocycles. The number of likely N-dealkylation sites (tertiary alicyclic amines) is 1. The number of alkyl halides is 1. The minimum Gasteiger partial charge on any atom is -0.494 e. The van der Waals surface area contributed by atoms with Gasteiger partial charge in [0.1, 0.15) is 0 Å². The van der Waals surface area contributed by atoms with E-state index in [4.69, 9.17) is 9.84 Å².